The Bertz CT molecular complexity index is 240. The van der Waals surface area contributed by atoms with Crippen LogP contribution in [0.25, 0.3) is 0 Å². The third-order valence-electron chi connectivity index (χ3n) is 4.42. The maximum absolute atomic E-state index is 6.17. The number of nitrogens with zero attached hydrogens (tertiary/aromatic N) is 1. The normalized spacial score (nSPS) is 40.6. The van der Waals surface area contributed by atoms with Crippen LogP contribution >= 0.6 is 0 Å². The predicted molar refractivity (Wildman–Crippen MR) is 59.7 cm³/mol. The second-order valence-corrected chi connectivity index (χ2v) is 5.79. The number of ether oxygens (including phenoxy) is 1. The second kappa shape index (κ2) is 3.44. The Kier molecular flexibility index (Phi) is 2.31. The molecule has 2 spiro atoms. The zero-order valence-electron chi connectivity index (χ0n) is 9.72. The summed E-state index contributed by atoms with van der Waals surface area (Å²) in [5, 5.41) is 3.70. The smallest absolute Gasteiger partial charge is 0.120 e. The molecule has 0 amide bonds. The van der Waals surface area contributed by atoms with Crippen LogP contribution in [0.15, 0.2) is 0 Å². The van der Waals surface area contributed by atoms with E-state index in [-0.39, 0.29) is 5.72 Å². The van der Waals surface area contributed by atoms with E-state index < -0.39 is 0 Å². The van der Waals surface area contributed by atoms with Crippen molar-refractivity contribution < 1.29 is 4.74 Å². The molecule has 1 saturated carbocycles. The van der Waals surface area contributed by atoms with E-state index >= 15 is 0 Å². The van der Waals surface area contributed by atoms with Gasteiger partial charge in [-0.2, -0.15) is 0 Å². The van der Waals surface area contributed by atoms with Gasteiger partial charge in [-0.05, 0) is 39.3 Å². The zero-order chi connectivity index (χ0) is 10.4. The van der Waals surface area contributed by atoms with Crippen molar-refractivity contribution >= 4 is 0 Å². The quantitative estimate of drug-likeness (QED) is 0.650. The van der Waals surface area contributed by atoms with Crippen LogP contribution in [0.1, 0.15) is 32.1 Å². The monoisotopic (exact) mass is 210 g/mol. The van der Waals surface area contributed by atoms with Gasteiger partial charge in [0.15, 0.2) is 0 Å². The van der Waals surface area contributed by atoms with E-state index in [1.807, 2.05) is 0 Å². The van der Waals surface area contributed by atoms with Gasteiger partial charge in [0.25, 0.3) is 0 Å². The van der Waals surface area contributed by atoms with Crippen LogP contribution in [0.5, 0.6) is 0 Å². The Hall–Kier alpha value is -0.120. The van der Waals surface area contributed by atoms with Gasteiger partial charge in [0, 0.05) is 24.9 Å². The molecule has 3 aliphatic rings. The third-order valence-corrected chi connectivity index (χ3v) is 4.42. The van der Waals surface area contributed by atoms with Crippen LogP contribution in [-0.4, -0.2) is 43.9 Å². The summed E-state index contributed by atoms with van der Waals surface area (Å²) in [7, 11) is 2.21. The van der Waals surface area contributed by atoms with Crippen molar-refractivity contribution in [2.45, 2.75) is 37.8 Å². The number of nitrogens with one attached hydrogen (secondary N) is 1. The molecule has 86 valence electrons. The van der Waals surface area contributed by atoms with Crippen LogP contribution in [0, 0.1) is 5.41 Å². The summed E-state index contributed by atoms with van der Waals surface area (Å²) in [6.07, 6.45) is 6.34. The molecule has 1 atom stereocenters. The van der Waals surface area contributed by atoms with Gasteiger partial charge in [-0.15, -0.1) is 0 Å². The number of hydrogen-bond acceptors (Lipinski definition) is 3. The first-order valence-corrected chi connectivity index (χ1v) is 6.30. The summed E-state index contributed by atoms with van der Waals surface area (Å²) in [5.74, 6) is 0. The summed E-state index contributed by atoms with van der Waals surface area (Å²) in [5.41, 5.74) is 0.571. The summed E-state index contributed by atoms with van der Waals surface area (Å²) in [4.78, 5) is 2.42. The molecule has 2 aliphatic heterocycles. The molecule has 2 heterocycles. The average molecular weight is 210 g/mol. The van der Waals surface area contributed by atoms with Crippen LogP contribution in [0.2, 0.25) is 0 Å². The summed E-state index contributed by atoms with van der Waals surface area (Å²) < 4.78 is 6.17. The molecule has 15 heavy (non-hydrogen) atoms. The largest absolute Gasteiger partial charge is 0.360 e. The first-order valence-electron chi connectivity index (χ1n) is 6.30. The Morgan fingerprint density at radius 2 is 2.00 bits per heavy atom. The van der Waals surface area contributed by atoms with Crippen LogP contribution < -0.4 is 5.32 Å². The molecule has 1 aliphatic carbocycles. The van der Waals surface area contributed by atoms with Gasteiger partial charge in [-0.3, -0.25) is 5.32 Å². The molecule has 3 nitrogen and oxygen atoms in total. The third kappa shape index (κ3) is 1.93. The second-order valence-electron chi connectivity index (χ2n) is 5.79. The molecule has 3 fully saturated rings. The highest BCUT2D eigenvalue weighted by atomic mass is 16.5. The van der Waals surface area contributed by atoms with Gasteiger partial charge in [0.1, 0.15) is 5.72 Å². The predicted octanol–water partition coefficient (Wildman–Crippen LogP) is 1.20. The minimum absolute atomic E-state index is 0.0264. The summed E-state index contributed by atoms with van der Waals surface area (Å²) >= 11 is 0. The Balaban J connectivity index is 1.64. The molecule has 1 unspecified atom stereocenters. The fourth-order valence-corrected chi connectivity index (χ4v) is 2.80. The van der Waals surface area contributed by atoms with Crippen molar-refractivity contribution in [2.24, 2.45) is 5.41 Å². The first-order chi connectivity index (χ1) is 7.22. The molecule has 0 bridgehead atoms. The van der Waals surface area contributed by atoms with E-state index in [1.165, 1.54) is 45.3 Å². The van der Waals surface area contributed by atoms with E-state index in [0.717, 1.165) is 13.0 Å². The fourth-order valence-electron chi connectivity index (χ4n) is 2.80. The van der Waals surface area contributed by atoms with Gasteiger partial charge in [0.2, 0.25) is 0 Å². The van der Waals surface area contributed by atoms with E-state index in [4.69, 9.17) is 4.74 Å². The molecular formula is C12H22N2O. The highest BCUT2D eigenvalue weighted by Gasteiger charge is 2.50. The van der Waals surface area contributed by atoms with Crippen molar-refractivity contribution in [1.29, 1.82) is 0 Å². The fraction of sp³-hybridized carbons (Fsp3) is 1.00. The molecule has 0 aromatic rings. The number of likely N-dealkylation sites (tertiary alicyclic amines) is 1. The Morgan fingerprint density at radius 3 is 2.67 bits per heavy atom. The lowest BCUT2D eigenvalue weighted by molar-refractivity contribution is -0.129. The number of rotatable bonds is 0. The van der Waals surface area contributed by atoms with Crippen LogP contribution in [-0.2, 0) is 4.74 Å². The molecule has 2 saturated heterocycles. The lowest BCUT2D eigenvalue weighted by Gasteiger charge is -2.41. The van der Waals surface area contributed by atoms with E-state index in [9.17, 15) is 0 Å². The molecule has 0 radical (unpaired) electrons. The molecule has 1 N–H and O–H groups in total. The standard InChI is InChI=1S/C12H22N2O/c1-14-7-2-3-12(6-8-14)13-9-11(4-5-11)10-15-12/h13H,2-10H2,1H3. The van der Waals surface area contributed by atoms with E-state index in [0.29, 0.717) is 5.41 Å². The van der Waals surface area contributed by atoms with Crippen LogP contribution in [0.4, 0.5) is 0 Å². The van der Waals surface area contributed by atoms with Crippen molar-refractivity contribution in [1.82, 2.24) is 10.2 Å². The van der Waals surface area contributed by atoms with E-state index in [1.54, 1.807) is 0 Å². The zero-order valence-corrected chi connectivity index (χ0v) is 9.72. The maximum atomic E-state index is 6.17. The average Bonchev–Trinajstić information content (AvgIpc) is 3.01. The minimum Gasteiger partial charge on any atom is -0.360 e. The van der Waals surface area contributed by atoms with Gasteiger partial charge in [0.05, 0.1) is 6.61 Å². The lowest BCUT2D eigenvalue weighted by Crippen LogP contribution is -2.56. The Morgan fingerprint density at radius 1 is 1.13 bits per heavy atom. The highest BCUT2D eigenvalue weighted by Crippen LogP contribution is 2.49. The van der Waals surface area contributed by atoms with E-state index in [2.05, 4.69) is 17.3 Å². The summed E-state index contributed by atoms with van der Waals surface area (Å²) in [6.45, 7) is 4.58. The summed E-state index contributed by atoms with van der Waals surface area (Å²) in [6, 6.07) is 0. The molecular weight excluding hydrogens is 188 g/mol. The van der Waals surface area contributed by atoms with Crippen molar-refractivity contribution in [2.75, 3.05) is 33.3 Å². The SMILES string of the molecule is CN1CCCC2(CC1)NCC1(CC1)CO2. The Labute approximate surface area is 92.2 Å². The molecule has 3 heteroatoms. The van der Waals surface area contributed by atoms with Crippen molar-refractivity contribution in [3.8, 4) is 0 Å². The molecule has 0 aromatic carbocycles. The number of hydrogen-bond donors (Lipinski definition) is 1. The van der Waals surface area contributed by atoms with Crippen molar-refractivity contribution in [3.05, 3.63) is 0 Å². The van der Waals surface area contributed by atoms with Gasteiger partial charge in [-0.25, -0.2) is 0 Å². The van der Waals surface area contributed by atoms with Crippen LogP contribution in [0.3, 0.4) is 0 Å². The minimum atomic E-state index is 0.0264. The van der Waals surface area contributed by atoms with Gasteiger partial charge < -0.3 is 9.64 Å². The molecule has 0 aromatic heterocycles. The maximum Gasteiger partial charge on any atom is 0.120 e. The van der Waals surface area contributed by atoms with Gasteiger partial charge in [-0.1, -0.05) is 0 Å². The van der Waals surface area contributed by atoms with Crippen molar-refractivity contribution in [3.63, 3.8) is 0 Å². The topological polar surface area (TPSA) is 24.5 Å². The molecule has 3 rings (SSSR count). The van der Waals surface area contributed by atoms with Gasteiger partial charge >= 0.3 is 0 Å². The lowest BCUT2D eigenvalue weighted by atomic mass is 9.98. The highest BCUT2D eigenvalue weighted by molar-refractivity contribution is 5.01. The first kappa shape index (κ1) is 10.1.